The molecule has 2 N–H and O–H groups in total. The number of methoxy groups -OCH3 is 1. The standard InChI is InChI=1S/C18H19N5O4S/c1-22(2)9-11-10-28-18(19-11)20-17(26)16-13(24)8-15(25)23(21-16)12-6-4-5-7-14(12)27-3/h4-8,10,24H,9H2,1-3H3,(H,19,20,26). The highest BCUT2D eigenvalue weighted by Gasteiger charge is 2.19. The average molecular weight is 401 g/mol. The van der Waals surface area contributed by atoms with E-state index in [9.17, 15) is 14.7 Å². The van der Waals surface area contributed by atoms with Crippen molar-refractivity contribution in [2.45, 2.75) is 6.54 Å². The number of para-hydroxylation sites is 2. The SMILES string of the molecule is COc1ccccc1-n1nc(C(=O)Nc2nc(CN(C)C)cs2)c(O)cc1=O. The summed E-state index contributed by atoms with van der Waals surface area (Å²) in [5, 5.41) is 18.9. The number of rotatable bonds is 6. The van der Waals surface area contributed by atoms with Crippen molar-refractivity contribution in [3.63, 3.8) is 0 Å². The number of nitrogens with one attached hydrogen (secondary N) is 1. The fourth-order valence-electron chi connectivity index (χ4n) is 2.50. The molecule has 9 nitrogen and oxygen atoms in total. The molecule has 146 valence electrons. The van der Waals surface area contributed by atoms with Crippen LogP contribution in [0.4, 0.5) is 5.13 Å². The van der Waals surface area contributed by atoms with Crippen molar-refractivity contribution in [2.24, 2.45) is 0 Å². The molecule has 3 aromatic rings. The van der Waals surface area contributed by atoms with Crippen molar-refractivity contribution < 1.29 is 14.6 Å². The van der Waals surface area contributed by atoms with Crippen molar-refractivity contribution in [3.05, 3.63) is 57.5 Å². The van der Waals surface area contributed by atoms with Crippen LogP contribution in [0.5, 0.6) is 11.5 Å². The van der Waals surface area contributed by atoms with E-state index in [1.54, 1.807) is 24.3 Å². The quantitative estimate of drug-likeness (QED) is 0.647. The number of thiazole rings is 1. The number of ether oxygens (including phenoxy) is 1. The van der Waals surface area contributed by atoms with Crippen molar-refractivity contribution in [1.29, 1.82) is 0 Å². The minimum absolute atomic E-state index is 0.296. The van der Waals surface area contributed by atoms with Gasteiger partial charge in [-0.05, 0) is 26.2 Å². The number of carbonyl (C=O) groups excluding carboxylic acids is 1. The van der Waals surface area contributed by atoms with Gasteiger partial charge in [-0.3, -0.25) is 14.9 Å². The van der Waals surface area contributed by atoms with Crippen LogP contribution in [-0.2, 0) is 6.54 Å². The van der Waals surface area contributed by atoms with E-state index in [1.165, 1.54) is 18.4 Å². The summed E-state index contributed by atoms with van der Waals surface area (Å²) in [6, 6.07) is 7.68. The van der Waals surface area contributed by atoms with Gasteiger partial charge in [0, 0.05) is 18.0 Å². The monoisotopic (exact) mass is 401 g/mol. The van der Waals surface area contributed by atoms with E-state index in [-0.39, 0.29) is 5.69 Å². The molecule has 0 fully saturated rings. The van der Waals surface area contributed by atoms with Crippen molar-refractivity contribution in [1.82, 2.24) is 19.7 Å². The van der Waals surface area contributed by atoms with Crippen molar-refractivity contribution >= 4 is 22.4 Å². The molecule has 1 amide bonds. The lowest BCUT2D eigenvalue weighted by molar-refractivity contribution is 0.101. The van der Waals surface area contributed by atoms with Crippen LogP contribution < -0.4 is 15.6 Å². The second kappa shape index (κ2) is 8.19. The minimum Gasteiger partial charge on any atom is -0.505 e. The largest absolute Gasteiger partial charge is 0.505 e. The van der Waals surface area contributed by atoms with Crippen LogP contribution in [0.2, 0.25) is 0 Å². The number of anilines is 1. The molecule has 2 aromatic heterocycles. The van der Waals surface area contributed by atoms with Gasteiger partial charge in [0.25, 0.3) is 11.5 Å². The Morgan fingerprint density at radius 1 is 1.36 bits per heavy atom. The first-order valence-electron chi connectivity index (χ1n) is 8.26. The summed E-state index contributed by atoms with van der Waals surface area (Å²) in [4.78, 5) is 31.2. The third-order valence-electron chi connectivity index (χ3n) is 3.69. The summed E-state index contributed by atoms with van der Waals surface area (Å²) in [5.41, 5.74) is 0.268. The molecular formula is C18H19N5O4S. The van der Waals surface area contributed by atoms with E-state index >= 15 is 0 Å². The maximum Gasteiger partial charge on any atom is 0.281 e. The van der Waals surface area contributed by atoms with Gasteiger partial charge in [-0.15, -0.1) is 11.3 Å². The van der Waals surface area contributed by atoms with Crippen LogP contribution in [0.3, 0.4) is 0 Å². The Bertz CT molecular complexity index is 1060. The smallest absolute Gasteiger partial charge is 0.281 e. The van der Waals surface area contributed by atoms with E-state index in [4.69, 9.17) is 4.74 Å². The number of aromatic hydroxyl groups is 1. The lowest BCUT2D eigenvalue weighted by atomic mass is 10.3. The molecule has 0 aliphatic carbocycles. The molecular weight excluding hydrogens is 382 g/mol. The topological polar surface area (TPSA) is 110 Å². The molecule has 0 radical (unpaired) electrons. The predicted octanol–water partition coefficient (Wildman–Crippen LogP) is 1.72. The maximum atomic E-state index is 12.6. The molecule has 0 unspecified atom stereocenters. The molecule has 1 aromatic carbocycles. The molecule has 10 heteroatoms. The Balaban J connectivity index is 1.92. The van der Waals surface area contributed by atoms with Gasteiger partial charge in [-0.25, -0.2) is 4.98 Å². The van der Waals surface area contributed by atoms with E-state index in [0.717, 1.165) is 16.4 Å². The van der Waals surface area contributed by atoms with Gasteiger partial charge in [-0.1, -0.05) is 12.1 Å². The molecule has 0 aliphatic heterocycles. The molecule has 3 rings (SSSR count). The molecule has 0 bridgehead atoms. The van der Waals surface area contributed by atoms with Gasteiger partial charge in [0.2, 0.25) is 0 Å². The summed E-state index contributed by atoms with van der Waals surface area (Å²) in [7, 11) is 5.30. The molecule has 28 heavy (non-hydrogen) atoms. The van der Waals surface area contributed by atoms with E-state index in [2.05, 4.69) is 15.4 Å². The minimum atomic E-state index is -0.674. The van der Waals surface area contributed by atoms with Crippen molar-refractivity contribution in [2.75, 3.05) is 26.5 Å². The zero-order valence-electron chi connectivity index (χ0n) is 15.5. The number of benzene rings is 1. The zero-order chi connectivity index (χ0) is 20.3. The zero-order valence-corrected chi connectivity index (χ0v) is 16.4. The lowest BCUT2D eigenvalue weighted by Gasteiger charge is -2.11. The van der Waals surface area contributed by atoms with Crippen molar-refractivity contribution in [3.8, 4) is 17.2 Å². The van der Waals surface area contributed by atoms with E-state index in [1.807, 2.05) is 24.4 Å². The summed E-state index contributed by atoms with van der Waals surface area (Å²) in [6.07, 6.45) is 0. The fourth-order valence-corrected chi connectivity index (χ4v) is 3.20. The average Bonchev–Trinajstić information content (AvgIpc) is 3.07. The van der Waals surface area contributed by atoms with Crippen LogP contribution in [0.1, 0.15) is 16.2 Å². The molecule has 0 atom stereocenters. The highest BCUT2D eigenvalue weighted by Crippen LogP contribution is 2.22. The number of nitrogens with zero attached hydrogens (tertiary/aromatic N) is 4. The number of aromatic nitrogens is 3. The first kappa shape index (κ1) is 19.5. The molecule has 2 heterocycles. The van der Waals surface area contributed by atoms with Gasteiger partial charge < -0.3 is 14.7 Å². The highest BCUT2D eigenvalue weighted by molar-refractivity contribution is 7.13. The summed E-state index contributed by atoms with van der Waals surface area (Å²) < 4.78 is 6.25. The number of hydrogen-bond donors (Lipinski definition) is 2. The van der Waals surface area contributed by atoms with Gasteiger partial charge in [0.15, 0.2) is 16.6 Å². The normalized spacial score (nSPS) is 10.9. The lowest BCUT2D eigenvalue weighted by Crippen LogP contribution is -2.25. The second-order valence-electron chi connectivity index (χ2n) is 6.14. The van der Waals surface area contributed by atoms with Crippen LogP contribution in [-0.4, -0.2) is 51.9 Å². The second-order valence-corrected chi connectivity index (χ2v) is 6.99. The summed E-state index contributed by atoms with van der Waals surface area (Å²) in [5.74, 6) is -0.784. The molecule has 0 saturated heterocycles. The third-order valence-corrected chi connectivity index (χ3v) is 4.50. The van der Waals surface area contributed by atoms with Crippen LogP contribution >= 0.6 is 11.3 Å². The Morgan fingerprint density at radius 2 is 2.11 bits per heavy atom. The number of amides is 1. The van der Waals surface area contributed by atoms with Crippen LogP contribution in [0, 0.1) is 0 Å². The molecule has 0 spiro atoms. The summed E-state index contributed by atoms with van der Waals surface area (Å²) >= 11 is 1.26. The first-order chi connectivity index (χ1) is 13.4. The molecule has 0 saturated carbocycles. The predicted molar refractivity (Wildman–Crippen MR) is 106 cm³/mol. The fraction of sp³-hybridized carbons (Fsp3) is 0.222. The Kier molecular flexibility index (Phi) is 5.71. The molecule has 0 aliphatic rings. The Morgan fingerprint density at radius 3 is 2.82 bits per heavy atom. The number of carbonyl (C=O) groups is 1. The van der Waals surface area contributed by atoms with E-state index in [0.29, 0.717) is 23.1 Å². The van der Waals surface area contributed by atoms with E-state index < -0.39 is 17.2 Å². The maximum absolute atomic E-state index is 12.6. The Hall–Kier alpha value is -3.24. The van der Waals surface area contributed by atoms with Gasteiger partial charge in [-0.2, -0.15) is 9.78 Å². The first-order valence-corrected chi connectivity index (χ1v) is 9.14. The van der Waals surface area contributed by atoms with Crippen LogP contribution in [0.25, 0.3) is 5.69 Å². The highest BCUT2D eigenvalue weighted by atomic mass is 32.1. The Labute approximate surface area is 164 Å². The van der Waals surface area contributed by atoms with Gasteiger partial charge in [0.1, 0.15) is 11.4 Å². The summed E-state index contributed by atoms with van der Waals surface area (Å²) in [6.45, 7) is 0.633. The third kappa shape index (κ3) is 4.18. The van der Waals surface area contributed by atoms with Gasteiger partial charge >= 0.3 is 0 Å². The number of hydrogen-bond acceptors (Lipinski definition) is 8. The van der Waals surface area contributed by atoms with Gasteiger partial charge in [0.05, 0.1) is 12.8 Å². The van der Waals surface area contributed by atoms with Crippen LogP contribution in [0.15, 0.2) is 40.5 Å².